The fraction of sp³-hybridized carbons (Fsp3) is 0.143. The summed E-state index contributed by atoms with van der Waals surface area (Å²) in [6.07, 6.45) is 6.71. The van der Waals surface area contributed by atoms with Crippen LogP contribution in [-0.4, -0.2) is 7.11 Å². The van der Waals surface area contributed by atoms with Gasteiger partial charge in [0.1, 0.15) is 17.2 Å². The van der Waals surface area contributed by atoms with Crippen molar-refractivity contribution in [3.05, 3.63) is 71.8 Å². The molecule has 1 aliphatic rings. The first-order chi connectivity index (χ1) is 11.3. The molecule has 1 aliphatic carbocycles. The Morgan fingerprint density at radius 2 is 1.57 bits per heavy atom. The number of aryl methyl sites for hydroxylation is 1. The quantitative estimate of drug-likeness (QED) is 0.627. The molecule has 2 heteroatoms. The van der Waals surface area contributed by atoms with E-state index in [0.29, 0.717) is 0 Å². The van der Waals surface area contributed by atoms with Crippen molar-refractivity contribution < 1.29 is 9.47 Å². The van der Waals surface area contributed by atoms with Crippen LogP contribution in [-0.2, 0) is 6.42 Å². The largest absolute Gasteiger partial charge is 0.497 e. The highest BCUT2D eigenvalue weighted by molar-refractivity contribution is 5.87. The first-order valence-corrected chi connectivity index (χ1v) is 7.87. The normalized spacial score (nSPS) is 12.9. The Morgan fingerprint density at radius 3 is 2.39 bits per heavy atom. The van der Waals surface area contributed by atoms with Gasteiger partial charge in [0.15, 0.2) is 0 Å². The molecule has 3 aromatic rings. The number of rotatable bonds is 3. The number of benzene rings is 3. The lowest BCUT2D eigenvalue weighted by Gasteiger charge is -2.13. The number of methoxy groups -OCH3 is 1. The van der Waals surface area contributed by atoms with E-state index in [2.05, 4.69) is 36.4 Å². The molecule has 3 aromatic carbocycles. The van der Waals surface area contributed by atoms with Crippen molar-refractivity contribution in [1.82, 2.24) is 0 Å². The Bertz CT molecular complexity index is 876. The zero-order valence-electron chi connectivity index (χ0n) is 13.1. The average Bonchev–Trinajstić information content (AvgIpc) is 2.60. The van der Waals surface area contributed by atoms with Crippen LogP contribution in [0.25, 0.3) is 16.8 Å². The molecule has 0 heterocycles. The molecule has 0 spiro atoms. The molecule has 0 atom stereocenters. The molecule has 0 radical (unpaired) electrons. The summed E-state index contributed by atoms with van der Waals surface area (Å²) in [5.74, 6) is 2.50. The highest BCUT2D eigenvalue weighted by Gasteiger charge is 2.07. The van der Waals surface area contributed by atoms with Gasteiger partial charge in [0.2, 0.25) is 0 Å². The van der Waals surface area contributed by atoms with Gasteiger partial charge >= 0.3 is 0 Å². The van der Waals surface area contributed by atoms with E-state index in [1.54, 1.807) is 7.11 Å². The molecule has 0 unspecified atom stereocenters. The fourth-order valence-corrected chi connectivity index (χ4v) is 3.00. The van der Waals surface area contributed by atoms with Gasteiger partial charge in [0, 0.05) is 0 Å². The molecule has 0 amide bonds. The summed E-state index contributed by atoms with van der Waals surface area (Å²) in [6.45, 7) is 0. The zero-order valence-corrected chi connectivity index (χ0v) is 13.1. The minimum absolute atomic E-state index is 0.811. The van der Waals surface area contributed by atoms with Gasteiger partial charge in [-0.05, 0) is 77.2 Å². The molecular formula is C21H18O2. The number of ether oxygens (including phenoxy) is 2. The first-order valence-electron chi connectivity index (χ1n) is 7.87. The van der Waals surface area contributed by atoms with Crippen LogP contribution in [0, 0.1) is 0 Å². The summed E-state index contributed by atoms with van der Waals surface area (Å²) in [4.78, 5) is 0. The third kappa shape index (κ3) is 2.80. The van der Waals surface area contributed by atoms with E-state index in [1.807, 2.05) is 30.3 Å². The SMILES string of the molecule is COc1ccc(Oc2ccc3cc4c(cc3c2)CCC=C4)cc1. The van der Waals surface area contributed by atoms with Crippen molar-refractivity contribution >= 4 is 16.8 Å². The van der Waals surface area contributed by atoms with E-state index in [1.165, 1.54) is 21.9 Å². The second-order valence-electron chi connectivity index (χ2n) is 5.78. The number of hydrogen-bond donors (Lipinski definition) is 0. The molecule has 0 saturated carbocycles. The molecule has 0 aromatic heterocycles. The van der Waals surface area contributed by atoms with Crippen LogP contribution in [0.2, 0.25) is 0 Å². The topological polar surface area (TPSA) is 18.5 Å². The van der Waals surface area contributed by atoms with Gasteiger partial charge in [-0.15, -0.1) is 0 Å². The highest BCUT2D eigenvalue weighted by Crippen LogP contribution is 2.30. The van der Waals surface area contributed by atoms with Crippen LogP contribution >= 0.6 is 0 Å². The van der Waals surface area contributed by atoms with Crippen LogP contribution in [0.1, 0.15) is 17.5 Å². The third-order valence-corrected chi connectivity index (χ3v) is 4.24. The van der Waals surface area contributed by atoms with Crippen molar-refractivity contribution in [3.8, 4) is 17.2 Å². The maximum absolute atomic E-state index is 5.96. The van der Waals surface area contributed by atoms with Gasteiger partial charge < -0.3 is 9.47 Å². The van der Waals surface area contributed by atoms with Crippen molar-refractivity contribution in [2.45, 2.75) is 12.8 Å². The Labute approximate surface area is 136 Å². The monoisotopic (exact) mass is 302 g/mol. The maximum atomic E-state index is 5.96. The van der Waals surface area contributed by atoms with Gasteiger partial charge in [0.25, 0.3) is 0 Å². The maximum Gasteiger partial charge on any atom is 0.128 e. The van der Waals surface area contributed by atoms with Crippen LogP contribution < -0.4 is 9.47 Å². The molecule has 0 aliphatic heterocycles. The molecule has 0 saturated heterocycles. The van der Waals surface area contributed by atoms with Gasteiger partial charge in [-0.3, -0.25) is 0 Å². The summed E-state index contributed by atoms with van der Waals surface area (Å²) in [5.41, 5.74) is 2.76. The average molecular weight is 302 g/mol. The molecule has 0 fully saturated rings. The smallest absolute Gasteiger partial charge is 0.128 e. The Kier molecular flexibility index (Phi) is 3.51. The van der Waals surface area contributed by atoms with Gasteiger partial charge in [0.05, 0.1) is 7.11 Å². The van der Waals surface area contributed by atoms with E-state index < -0.39 is 0 Å². The summed E-state index contributed by atoms with van der Waals surface area (Å²) in [7, 11) is 1.66. The molecule has 114 valence electrons. The zero-order chi connectivity index (χ0) is 15.6. The summed E-state index contributed by atoms with van der Waals surface area (Å²) in [5, 5.41) is 2.47. The Morgan fingerprint density at radius 1 is 0.783 bits per heavy atom. The number of hydrogen-bond acceptors (Lipinski definition) is 2. The Balaban J connectivity index is 1.66. The van der Waals surface area contributed by atoms with E-state index in [0.717, 1.165) is 30.1 Å². The van der Waals surface area contributed by atoms with E-state index in [9.17, 15) is 0 Å². The van der Waals surface area contributed by atoms with Crippen molar-refractivity contribution in [2.75, 3.05) is 7.11 Å². The second-order valence-corrected chi connectivity index (χ2v) is 5.78. The standard InChI is InChI=1S/C21H18O2/c1-22-19-8-10-20(11-9-19)23-21-7-6-17-12-15-4-2-3-5-16(15)13-18(17)14-21/h2,4,6-14H,3,5H2,1H3. The fourth-order valence-electron chi connectivity index (χ4n) is 3.00. The minimum atomic E-state index is 0.811. The van der Waals surface area contributed by atoms with Gasteiger partial charge in [-0.1, -0.05) is 24.3 Å². The van der Waals surface area contributed by atoms with Crippen molar-refractivity contribution in [3.63, 3.8) is 0 Å². The van der Waals surface area contributed by atoms with Gasteiger partial charge in [-0.25, -0.2) is 0 Å². The summed E-state index contributed by atoms with van der Waals surface area (Å²) in [6, 6.07) is 18.4. The predicted octanol–water partition coefficient (Wildman–Crippen LogP) is 5.60. The third-order valence-electron chi connectivity index (χ3n) is 4.24. The van der Waals surface area contributed by atoms with E-state index in [-0.39, 0.29) is 0 Å². The molecular weight excluding hydrogens is 284 g/mol. The molecule has 23 heavy (non-hydrogen) atoms. The van der Waals surface area contributed by atoms with Crippen LogP contribution in [0.5, 0.6) is 17.2 Å². The molecule has 0 bridgehead atoms. The number of fused-ring (bicyclic) bond motifs is 2. The minimum Gasteiger partial charge on any atom is -0.497 e. The lowest BCUT2D eigenvalue weighted by molar-refractivity contribution is 0.413. The highest BCUT2D eigenvalue weighted by atomic mass is 16.5. The van der Waals surface area contributed by atoms with Crippen LogP contribution in [0.4, 0.5) is 0 Å². The van der Waals surface area contributed by atoms with E-state index >= 15 is 0 Å². The van der Waals surface area contributed by atoms with Gasteiger partial charge in [-0.2, -0.15) is 0 Å². The van der Waals surface area contributed by atoms with Crippen molar-refractivity contribution in [2.24, 2.45) is 0 Å². The van der Waals surface area contributed by atoms with Crippen LogP contribution in [0.15, 0.2) is 60.7 Å². The number of allylic oxidation sites excluding steroid dienone is 1. The molecule has 0 N–H and O–H groups in total. The second kappa shape index (κ2) is 5.81. The van der Waals surface area contributed by atoms with Crippen molar-refractivity contribution in [1.29, 1.82) is 0 Å². The predicted molar refractivity (Wildman–Crippen MR) is 94.4 cm³/mol. The lowest BCUT2D eigenvalue weighted by Crippen LogP contribution is -1.94. The van der Waals surface area contributed by atoms with E-state index in [4.69, 9.17) is 9.47 Å². The summed E-state index contributed by atoms with van der Waals surface area (Å²) >= 11 is 0. The lowest BCUT2D eigenvalue weighted by atomic mass is 9.94. The summed E-state index contributed by atoms with van der Waals surface area (Å²) < 4.78 is 11.1. The Hall–Kier alpha value is -2.74. The molecule has 2 nitrogen and oxygen atoms in total. The molecule has 4 rings (SSSR count). The van der Waals surface area contributed by atoms with Crippen LogP contribution in [0.3, 0.4) is 0 Å². The first kappa shape index (κ1) is 13.9.